The van der Waals surface area contributed by atoms with Crippen molar-refractivity contribution in [3.05, 3.63) is 12.7 Å². The predicted molar refractivity (Wildman–Crippen MR) is 110 cm³/mol. The molecule has 164 valence electrons. The maximum atomic E-state index is 12.3. The van der Waals surface area contributed by atoms with Gasteiger partial charge in [0.05, 0.1) is 31.8 Å². The van der Waals surface area contributed by atoms with Gasteiger partial charge in [0.15, 0.2) is 17.7 Å². The SMILES string of the molecule is CC(C)CP(=O)(O)OC[C@@H](CC(C)(C)C)O[C@H](CO)n1cnc2c(N)ncnc21. The van der Waals surface area contributed by atoms with Gasteiger partial charge in [-0.25, -0.2) is 15.0 Å². The fourth-order valence-electron chi connectivity index (χ4n) is 3.04. The Labute approximate surface area is 171 Å². The van der Waals surface area contributed by atoms with E-state index in [1.807, 2.05) is 34.6 Å². The highest BCUT2D eigenvalue weighted by atomic mass is 31.2. The molecule has 2 rings (SSSR count). The second-order valence-electron chi connectivity index (χ2n) is 8.75. The number of hydrogen-bond donors (Lipinski definition) is 3. The molecule has 0 bridgehead atoms. The van der Waals surface area contributed by atoms with E-state index in [1.165, 1.54) is 12.7 Å². The van der Waals surface area contributed by atoms with E-state index in [4.69, 9.17) is 15.0 Å². The van der Waals surface area contributed by atoms with Crippen LogP contribution >= 0.6 is 7.60 Å². The Hall–Kier alpha value is -1.58. The molecule has 0 fully saturated rings. The molecule has 29 heavy (non-hydrogen) atoms. The van der Waals surface area contributed by atoms with E-state index in [0.717, 1.165) is 0 Å². The molecule has 10 nitrogen and oxygen atoms in total. The quantitative estimate of drug-likeness (QED) is 0.485. The number of aliphatic hydroxyl groups excluding tert-OH is 1. The molecule has 0 aliphatic heterocycles. The van der Waals surface area contributed by atoms with Gasteiger partial charge in [0.1, 0.15) is 11.8 Å². The summed E-state index contributed by atoms with van der Waals surface area (Å²) in [5, 5.41) is 9.93. The van der Waals surface area contributed by atoms with Gasteiger partial charge in [0.2, 0.25) is 0 Å². The monoisotopic (exact) mass is 429 g/mol. The van der Waals surface area contributed by atoms with E-state index >= 15 is 0 Å². The maximum absolute atomic E-state index is 12.3. The Morgan fingerprint density at radius 3 is 2.55 bits per heavy atom. The topological polar surface area (TPSA) is 146 Å². The van der Waals surface area contributed by atoms with Gasteiger partial charge < -0.3 is 25.0 Å². The van der Waals surface area contributed by atoms with Gasteiger partial charge in [0, 0.05) is 0 Å². The van der Waals surface area contributed by atoms with E-state index in [2.05, 4.69) is 15.0 Å². The van der Waals surface area contributed by atoms with Crippen molar-refractivity contribution in [2.45, 2.75) is 53.4 Å². The molecule has 0 aliphatic rings. The Morgan fingerprint density at radius 1 is 1.28 bits per heavy atom. The first-order valence-corrected chi connectivity index (χ1v) is 11.3. The molecule has 1 unspecified atom stereocenters. The lowest BCUT2D eigenvalue weighted by Gasteiger charge is -2.30. The van der Waals surface area contributed by atoms with Crippen molar-refractivity contribution in [2.24, 2.45) is 11.3 Å². The number of nitrogen functional groups attached to an aromatic ring is 1. The van der Waals surface area contributed by atoms with Gasteiger partial charge in [-0.2, -0.15) is 0 Å². The number of nitrogens with two attached hydrogens (primary N) is 1. The molecule has 0 amide bonds. The number of hydrogen-bond acceptors (Lipinski definition) is 8. The average Bonchev–Trinajstić information content (AvgIpc) is 3.00. The van der Waals surface area contributed by atoms with Crippen LogP contribution in [0.2, 0.25) is 0 Å². The highest BCUT2D eigenvalue weighted by molar-refractivity contribution is 7.52. The third kappa shape index (κ3) is 7.01. The van der Waals surface area contributed by atoms with Crippen LogP contribution in [0.1, 0.15) is 47.3 Å². The van der Waals surface area contributed by atoms with Crippen LogP contribution in [0.25, 0.3) is 11.2 Å². The molecule has 0 saturated carbocycles. The number of aliphatic hydroxyl groups is 1. The summed E-state index contributed by atoms with van der Waals surface area (Å²) in [6.45, 7) is 9.39. The number of nitrogens with zero attached hydrogens (tertiary/aromatic N) is 4. The Kier molecular flexibility index (Phi) is 7.75. The minimum Gasteiger partial charge on any atom is -0.392 e. The number of fused-ring (bicyclic) bond motifs is 1. The van der Waals surface area contributed by atoms with Crippen molar-refractivity contribution < 1.29 is 23.8 Å². The minimum atomic E-state index is -3.72. The standard InChI is InChI=1S/C18H32N5O5P/c1-12(2)9-29(25,26)27-8-13(6-18(3,4)5)28-14(7-24)23-11-22-15-16(19)20-10-21-17(15)23/h10-14,24H,6-9H2,1-5H3,(H,25,26)(H2,19,20,21)/t13-,14-/m1/s1. The molecule has 0 saturated heterocycles. The Morgan fingerprint density at radius 2 is 1.97 bits per heavy atom. The first kappa shape index (κ1) is 23.7. The van der Waals surface area contributed by atoms with E-state index in [-0.39, 0.29) is 36.5 Å². The van der Waals surface area contributed by atoms with Crippen LogP contribution in [-0.4, -0.2) is 55.0 Å². The lowest BCUT2D eigenvalue weighted by molar-refractivity contribution is -0.104. The molecule has 4 N–H and O–H groups in total. The minimum absolute atomic E-state index is 0.0282. The number of aromatic nitrogens is 4. The van der Waals surface area contributed by atoms with Gasteiger partial charge >= 0.3 is 7.60 Å². The Bertz CT molecular complexity index is 851. The smallest absolute Gasteiger partial charge is 0.328 e. The van der Waals surface area contributed by atoms with Crippen LogP contribution in [0.5, 0.6) is 0 Å². The van der Waals surface area contributed by atoms with Crippen LogP contribution < -0.4 is 5.73 Å². The number of rotatable bonds is 10. The van der Waals surface area contributed by atoms with E-state index in [1.54, 1.807) is 4.57 Å². The van der Waals surface area contributed by atoms with Crippen molar-refractivity contribution in [1.29, 1.82) is 0 Å². The number of anilines is 1. The first-order chi connectivity index (χ1) is 13.4. The molecular weight excluding hydrogens is 397 g/mol. The highest BCUT2D eigenvalue weighted by Gasteiger charge is 2.29. The second-order valence-corrected chi connectivity index (χ2v) is 10.7. The van der Waals surface area contributed by atoms with Crippen LogP contribution in [-0.2, 0) is 13.8 Å². The van der Waals surface area contributed by atoms with Crippen molar-refractivity contribution in [2.75, 3.05) is 25.1 Å². The van der Waals surface area contributed by atoms with Gasteiger partial charge in [0.25, 0.3) is 0 Å². The second kappa shape index (κ2) is 9.49. The molecule has 2 aromatic heterocycles. The largest absolute Gasteiger partial charge is 0.392 e. The molecule has 0 aliphatic carbocycles. The van der Waals surface area contributed by atoms with Crippen molar-refractivity contribution in [1.82, 2.24) is 19.5 Å². The van der Waals surface area contributed by atoms with Crippen molar-refractivity contribution in [3.8, 4) is 0 Å². The van der Waals surface area contributed by atoms with Gasteiger partial charge in [-0.1, -0.05) is 34.6 Å². The van der Waals surface area contributed by atoms with E-state index in [9.17, 15) is 14.6 Å². The molecule has 0 radical (unpaired) electrons. The average molecular weight is 429 g/mol. The predicted octanol–water partition coefficient (Wildman–Crippen LogP) is 2.58. The summed E-state index contributed by atoms with van der Waals surface area (Å²) in [5.74, 6) is 0.260. The molecule has 2 heterocycles. The summed E-state index contributed by atoms with van der Waals surface area (Å²) in [5.41, 5.74) is 6.53. The van der Waals surface area contributed by atoms with Crippen LogP contribution in [0.3, 0.4) is 0 Å². The third-order valence-corrected chi connectivity index (χ3v) is 5.85. The number of imidazole rings is 1. The zero-order chi connectivity index (χ0) is 21.8. The van der Waals surface area contributed by atoms with Crippen molar-refractivity contribution >= 4 is 24.6 Å². The molecule has 2 aromatic rings. The summed E-state index contributed by atoms with van der Waals surface area (Å²) >= 11 is 0. The zero-order valence-corrected chi connectivity index (χ0v) is 18.5. The lowest BCUT2D eigenvalue weighted by atomic mass is 9.89. The summed E-state index contributed by atoms with van der Waals surface area (Å²) in [6.07, 6.45) is 2.07. The van der Waals surface area contributed by atoms with Crippen molar-refractivity contribution in [3.63, 3.8) is 0 Å². The van der Waals surface area contributed by atoms with Gasteiger partial charge in [-0.3, -0.25) is 9.13 Å². The summed E-state index contributed by atoms with van der Waals surface area (Å²) < 4.78 is 25.3. The van der Waals surface area contributed by atoms with Crippen LogP contribution in [0.15, 0.2) is 12.7 Å². The molecule has 0 aromatic carbocycles. The molecule has 11 heteroatoms. The summed E-state index contributed by atoms with van der Waals surface area (Å²) in [4.78, 5) is 22.3. The lowest BCUT2D eigenvalue weighted by Crippen LogP contribution is -2.30. The molecular formula is C18H32N5O5P. The first-order valence-electron chi connectivity index (χ1n) is 9.57. The van der Waals surface area contributed by atoms with E-state index in [0.29, 0.717) is 17.6 Å². The normalized spacial score (nSPS) is 16.8. The summed E-state index contributed by atoms with van der Waals surface area (Å²) in [6, 6.07) is 0. The van der Waals surface area contributed by atoms with Gasteiger partial charge in [-0.05, 0) is 17.8 Å². The number of ether oxygens (including phenoxy) is 1. The third-order valence-electron chi connectivity index (χ3n) is 4.10. The summed E-state index contributed by atoms with van der Waals surface area (Å²) in [7, 11) is -3.72. The van der Waals surface area contributed by atoms with Crippen LogP contribution in [0, 0.1) is 11.3 Å². The zero-order valence-electron chi connectivity index (χ0n) is 17.6. The van der Waals surface area contributed by atoms with Crippen LogP contribution in [0.4, 0.5) is 5.82 Å². The molecule has 0 spiro atoms. The maximum Gasteiger partial charge on any atom is 0.328 e. The molecule has 3 atom stereocenters. The van der Waals surface area contributed by atoms with E-state index < -0.39 is 19.9 Å². The van der Waals surface area contributed by atoms with Gasteiger partial charge in [-0.15, -0.1) is 0 Å². The Balaban J connectivity index is 2.21. The highest BCUT2D eigenvalue weighted by Crippen LogP contribution is 2.44. The fourth-order valence-corrected chi connectivity index (χ4v) is 4.47. The fraction of sp³-hybridized carbons (Fsp3) is 0.722.